The molecule has 0 aliphatic carbocycles. The molecular weight excluding hydrogens is 340 g/mol. The van der Waals surface area contributed by atoms with Crippen LogP contribution in [0.5, 0.6) is 0 Å². The number of benzene rings is 2. The minimum atomic E-state index is -0.609. The predicted molar refractivity (Wildman–Crippen MR) is 98.3 cm³/mol. The lowest BCUT2D eigenvalue weighted by atomic mass is 10.1. The third-order valence-corrected chi connectivity index (χ3v) is 3.57. The van der Waals surface area contributed by atoms with Crippen molar-refractivity contribution in [2.75, 3.05) is 16.4 Å². The summed E-state index contributed by atoms with van der Waals surface area (Å²) in [4.78, 5) is 23.6. The number of ketones is 1. The van der Waals surface area contributed by atoms with Crippen molar-refractivity contribution in [1.82, 2.24) is 0 Å². The Bertz CT molecular complexity index is 900. The van der Waals surface area contributed by atoms with E-state index in [0.717, 1.165) is 0 Å². The highest BCUT2D eigenvalue weighted by Crippen LogP contribution is 2.24. The van der Waals surface area contributed by atoms with Crippen LogP contribution in [-0.2, 0) is 4.79 Å². The molecule has 0 saturated heterocycles. The zero-order chi connectivity index (χ0) is 18.4. The number of rotatable bonds is 5. The van der Waals surface area contributed by atoms with Gasteiger partial charge in [-0.1, -0.05) is 23.7 Å². The van der Waals surface area contributed by atoms with Crippen molar-refractivity contribution in [1.29, 1.82) is 5.26 Å². The second-order valence-electron chi connectivity index (χ2n) is 5.14. The average molecular weight is 355 g/mol. The molecule has 0 radical (unpaired) electrons. The standard InChI is InChI=1S/C18H15ClN4O2/c1-11(24)12-3-2-4-15(7-12)23-18(25)13(9-20)10-22-17-6-5-14(21)8-16(17)19/h2-8,10,22H,21H2,1H3,(H,23,25)/b13-10-. The van der Waals surface area contributed by atoms with Gasteiger partial charge in [-0.2, -0.15) is 5.26 Å². The number of carbonyl (C=O) groups excluding carboxylic acids is 2. The zero-order valence-corrected chi connectivity index (χ0v) is 14.1. The summed E-state index contributed by atoms with van der Waals surface area (Å²) in [6.07, 6.45) is 1.25. The maximum Gasteiger partial charge on any atom is 0.267 e. The van der Waals surface area contributed by atoms with Gasteiger partial charge in [-0.3, -0.25) is 9.59 Å². The van der Waals surface area contributed by atoms with E-state index in [4.69, 9.17) is 17.3 Å². The van der Waals surface area contributed by atoms with Gasteiger partial charge in [0.05, 0.1) is 10.7 Å². The number of nitrogens with two attached hydrogens (primary N) is 1. The monoisotopic (exact) mass is 354 g/mol. The first kappa shape index (κ1) is 18.0. The van der Waals surface area contributed by atoms with E-state index in [1.54, 1.807) is 42.5 Å². The number of carbonyl (C=O) groups is 2. The van der Waals surface area contributed by atoms with Crippen molar-refractivity contribution in [3.8, 4) is 6.07 Å². The van der Waals surface area contributed by atoms with Gasteiger partial charge in [0.2, 0.25) is 0 Å². The molecule has 0 saturated carbocycles. The van der Waals surface area contributed by atoms with E-state index in [2.05, 4.69) is 10.6 Å². The number of hydrogen-bond donors (Lipinski definition) is 3. The number of halogens is 1. The van der Waals surface area contributed by atoms with E-state index in [0.29, 0.717) is 27.6 Å². The van der Waals surface area contributed by atoms with Crippen LogP contribution in [-0.4, -0.2) is 11.7 Å². The maximum atomic E-state index is 12.2. The Hall–Kier alpha value is -3.30. The van der Waals surface area contributed by atoms with Crippen molar-refractivity contribution in [3.05, 3.63) is 64.8 Å². The van der Waals surface area contributed by atoms with Crippen LogP contribution in [0, 0.1) is 11.3 Å². The van der Waals surface area contributed by atoms with Gasteiger partial charge in [0, 0.05) is 23.1 Å². The summed E-state index contributed by atoms with van der Waals surface area (Å²) >= 11 is 6.03. The molecule has 0 aliphatic rings. The van der Waals surface area contributed by atoms with Gasteiger partial charge in [-0.15, -0.1) is 0 Å². The molecule has 2 aromatic carbocycles. The molecule has 2 aromatic rings. The van der Waals surface area contributed by atoms with Crippen molar-refractivity contribution in [2.24, 2.45) is 0 Å². The molecule has 0 unspecified atom stereocenters. The number of hydrogen-bond acceptors (Lipinski definition) is 5. The molecule has 6 nitrogen and oxygen atoms in total. The minimum absolute atomic E-state index is 0.119. The lowest BCUT2D eigenvalue weighted by Crippen LogP contribution is -2.15. The summed E-state index contributed by atoms with van der Waals surface area (Å²) < 4.78 is 0. The Labute approximate surface area is 149 Å². The molecule has 126 valence electrons. The number of nitrogen functional groups attached to an aromatic ring is 1. The van der Waals surface area contributed by atoms with Crippen molar-refractivity contribution >= 4 is 40.4 Å². The van der Waals surface area contributed by atoms with Gasteiger partial charge in [0.1, 0.15) is 11.6 Å². The molecule has 0 aromatic heterocycles. The van der Waals surface area contributed by atoms with E-state index in [9.17, 15) is 14.9 Å². The molecule has 4 N–H and O–H groups in total. The lowest BCUT2D eigenvalue weighted by Gasteiger charge is -2.07. The number of nitriles is 1. The molecule has 0 bridgehead atoms. The van der Waals surface area contributed by atoms with Crippen LogP contribution in [0.1, 0.15) is 17.3 Å². The van der Waals surface area contributed by atoms with Gasteiger partial charge in [0.25, 0.3) is 5.91 Å². The molecular formula is C18H15ClN4O2. The average Bonchev–Trinajstić information content (AvgIpc) is 2.57. The van der Waals surface area contributed by atoms with Gasteiger partial charge in [0.15, 0.2) is 5.78 Å². The van der Waals surface area contributed by atoms with Crippen LogP contribution in [0.2, 0.25) is 5.02 Å². The minimum Gasteiger partial charge on any atom is -0.399 e. The third kappa shape index (κ3) is 4.83. The fraction of sp³-hybridized carbons (Fsp3) is 0.0556. The second-order valence-corrected chi connectivity index (χ2v) is 5.55. The Balaban J connectivity index is 2.14. The number of nitrogens with one attached hydrogen (secondary N) is 2. The zero-order valence-electron chi connectivity index (χ0n) is 13.3. The summed E-state index contributed by atoms with van der Waals surface area (Å²) in [6.45, 7) is 1.43. The van der Waals surface area contributed by atoms with Crippen molar-refractivity contribution < 1.29 is 9.59 Å². The predicted octanol–water partition coefficient (Wildman–Crippen LogP) is 3.58. The largest absolute Gasteiger partial charge is 0.399 e. The van der Waals surface area contributed by atoms with Crippen molar-refractivity contribution in [3.63, 3.8) is 0 Å². The molecule has 1 amide bonds. The molecule has 0 fully saturated rings. The molecule has 0 spiro atoms. The van der Waals surface area contributed by atoms with Crippen LogP contribution < -0.4 is 16.4 Å². The van der Waals surface area contributed by atoms with Crippen LogP contribution >= 0.6 is 11.6 Å². The maximum absolute atomic E-state index is 12.2. The smallest absolute Gasteiger partial charge is 0.267 e. The summed E-state index contributed by atoms with van der Waals surface area (Å²) in [7, 11) is 0. The highest BCUT2D eigenvalue weighted by atomic mass is 35.5. The van der Waals surface area contributed by atoms with Crippen LogP contribution in [0.3, 0.4) is 0 Å². The van der Waals surface area contributed by atoms with E-state index >= 15 is 0 Å². The quantitative estimate of drug-likeness (QED) is 0.329. The fourth-order valence-electron chi connectivity index (χ4n) is 1.96. The topological polar surface area (TPSA) is 108 Å². The Morgan fingerprint density at radius 1 is 1.24 bits per heavy atom. The number of anilines is 3. The van der Waals surface area contributed by atoms with Gasteiger partial charge in [-0.25, -0.2) is 0 Å². The number of Topliss-reactive ketones (excluding diaryl/α,β-unsaturated/α-hetero) is 1. The van der Waals surface area contributed by atoms with Gasteiger partial charge >= 0.3 is 0 Å². The fourth-order valence-corrected chi connectivity index (χ4v) is 2.20. The molecule has 7 heteroatoms. The normalized spacial score (nSPS) is 10.7. The highest BCUT2D eigenvalue weighted by Gasteiger charge is 2.10. The first-order valence-corrected chi connectivity index (χ1v) is 7.62. The molecule has 0 aliphatic heterocycles. The van der Waals surface area contributed by atoms with Crippen molar-refractivity contribution in [2.45, 2.75) is 6.92 Å². The number of amides is 1. The first-order chi connectivity index (χ1) is 11.9. The number of nitrogens with zero attached hydrogens (tertiary/aromatic N) is 1. The second kappa shape index (κ2) is 7.99. The SMILES string of the molecule is CC(=O)c1cccc(NC(=O)/C(C#N)=C\Nc2ccc(N)cc2Cl)c1. The molecule has 0 atom stereocenters. The van der Waals surface area contributed by atoms with Crippen LogP contribution in [0.4, 0.5) is 17.1 Å². The Kier molecular flexibility index (Phi) is 5.77. The highest BCUT2D eigenvalue weighted by molar-refractivity contribution is 6.33. The Morgan fingerprint density at radius 3 is 2.64 bits per heavy atom. The third-order valence-electron chi connectivity index (χ3n) is 3.26. The van der Waals surface area contributed by atoms with E-state index < -0.39 is 5.91 Å². The van der Waals surface area contributed by atoms with Gasteiger partial charge < -0.3 is 16.4 Å². The molecule has 2 rings (SSSR count). The molecule has 0 heterocycles. The van der Waals surface area contributed by atoms with E-state index in [1.165, 1.54) is 13.1 Å². The molecule has 25 heavy (non-hydrogen) atoms. The van der Waals surface area contributed by atoms with E-state index in [-0.39, 0.29) is 11.4 Å². The summed E-state index contributed by atoms with van der Waals surface area (Å²) in [5.74, 6) is -0.728. The first-order valence-electron chi connectivity index (χ1n) is 7.25. The lowest BCUT2D eigenvalue weighted by molar-refractivity contribution is -0.112. The summed E-state index contributed by atoms with van der Waals surface area (Å²) in [5.41, 5.74) is 7.36. The summed E-state index contributed by atoms with van der Waals surface area (Å²) in [5, 5.41) is 14.9. The van der Waals surface area contributed by atoms with Crippen LogP contribution in [0.15, 0.2) is 54.2 Å². The summed E-state index contributed by atoms with van der Waals surface area (Å²) in [6, 6.07) is 13.1. The van der Waals surface area contributed by atoms with E-state index in [1.807, 2.05) is 6.07 Å². The van der Waals surface area contributed by atoms with Crippen LogP contribution in [0.25, 0.3) is 0 Å². The Morgan fingerprint density at radius 2 is 2.00 bits per heavy atom. The van der Waals surface area contributed by atoms with Gasteiger partial charge in [-0.05, 0) is 37.3 Å².